The topological polar surface area (TPSA) is 58.2 Å². The Hall–Kier alpha value is -2.10. The first-order chi connectivity index (χ1) is 8.65. The Morgan fingerprint density at radius 3 is 2.67 bits per heavy atom. The summed E-state index contributed by atoms with van der Waals surface area (Å²) in [5.74, 6) is -0.525. The number of amides is 2. The highest BCUT2D eigenvalue weighted by atomic mass is 16.2. The fourth-order valence-electron chi connectivity index (χ4n) is 1.89. The Labute approximate surface area is 106 Å². The SMILES string of the molecule is C[C@H](Cc1ccccc1)N/C=C1\CC(=O)NC1=O. The van der Waals surface area contributed by atoms with Crippen LogP contribution in [0.1, 0.15) is 18.9 Å². The molecule has 0 unspecified atom stereocenters. The molecule has 0 radical (unpaired) electrons. The number of hydrogen-bond donors (Lipinski definition) is 2. The van der Waals surface area contributed by atoms with Crippen LogP contribution in [-0.4, -0.2) is 17.9 Å². The minimum Gasteiger partial charge on any atom is -0.388 e. The predicted molar refractivity (Wildman–Crippen MR) is 68.6 cm³/mol. The van der Waals surface area contributed by atoms with Gasteiger partial charge >= 0.3 is 0 Å². The van der Waals surface area contributed by atoms with Gasteiger partial charge in [-0.3, -0.25) is 14.9 Å². The van der Waals surface area contributed by atoms with E-state index in [2.05, 4.69) is 22.8 Å². The van der Waals surface area contributed by atoms with Crippen LogP contribution in [0.3, 0.4) is 0 Å². The van der Waals surface area contributed by atoms with Crippen molar-refractivity contribution in [1.29, 1.82) is 0 Å². The lowest BCUT2D eigenvalue weighted by Gasteiger charge is -2.12. The maximum Gasteiger partial charge on any atom is 0.255 e. The van der Waals surface area contributed by atoms with Gasteiger partial charge in [-0.05, 0) is 18.9 Å². The third-order valence-corrected chi connectivity index (χ3v) is 2.82. The predicted octanol–water partition coefficient (Wildman–Crippen LogP) is 1.14. The lowest BCUT2D eigenvalue weighted by atomic mass is 10.1. The minimum atomic E-state index is -0.292. The number of rotatable bonds is 4. The molecule has 4 nitrogen and oxygen atoms in total. The molecule has 2 N–H and O–H groups in total. The normalized spacial score (nSPS) is 18.8. The number of imide groups is 1. The van der Waals surface area contributed by atoms with Crippen molar-refractivity contribution in [2.24, 2.45) is 0 Å². The zero-order valence-electron chi connectivity index (χ0n) is 10.3. The number of nitrogens with one attached hydrogen (secondary N) is 2. The van der Waals surface area contributed by atoms with E-state index in [4.69, 9.17) is 0 Å². The first kappa shape index (κ1) is 12.4. The quantitative estimate of drug-likeness (QED) is 0.617. The van der Waals surface area contributed by atoms with Gasteiger partial charge in [0.1, 0.15) is 0 Å². The van der Waals surface area contributed by atoms with Gasteiger partial charge < -0.3 is 5.32 Å². The summed E-state index contributed by atoms with van der Waals surface area (Å²) in [7, 11) is 0. The van der Waals surface area contributed by atoms with Gasteiger partial charge in [0.2, 0.25) is 5.91 Å². The van der Waals surface area contributed by atoms with Gasteiger partial charge in [-0.25, -0.2) is 0 Å². The van der Waals surface area contributed by atoms with Gasteiger partial charge in [0.25, 0.3) is 5.91 Å². The van der Waals surface area contributed by atoms with Crippen molar-refractivity contribution in [1.82, 2.24) is 10.6 Å². The number of benzene rings is 1. The molecule has 1 aliphatic rings. The molecular weight excluding hydrogens is 228 g/mol. The summed E-state index contributed by atoms with van der Waals surface area (Å²) in [6, 6.07) is 10.3. The van der Waals surface area contributed by atoms with Crippen molar-refractivity contribution in [2.75, 3.05) is 0 Å². The Morgan fingerprint density at radius 2 is 2.06 bits per heavy atom. The zero-order valence-corrected chi connectivity index (χ0v) is 10.3. The largest absolute Gasteiger partial charge is 0.388 e. The van der Waals surface area contributed by atoms with Crippen LogP contribution < -0.4 is 10.6 Å². The Bertz CT molecular complexity index is 480. The summed E-state index contributed by atoms with van der Waals surface area (Å²) < 4.78 is 0. The van der Waals surface area contributed by atoms with Crippen molar-refractivity contribution in [3.63, 3.8) is 0 Å². The minimum absolute atomic E-state index is 0.171. The summed E-state index contributed by atoms with van der Waals surface area (Å²) >= 11 is 0. The molecule has 94 valence electrons. The maximum absolute atomic E-state index is 11.3. The molecule has 2 rings (SSSR count). The summed E-state index contributed by atoms with van der Waals surface area (Å²) in [4.78, 5) is 22.3. The average Bonchev–Trinajstić information content (AvgIpc) is 2.66. The maximum atomic E-state index is 11.3. The Balaban J connectivity index is 1.89. The van der Waals surface area contributed by atoms with E-state index in [1.165, 1.54) is 5.56 Å². The van der Waals surface area contributed by atoms with Crippen molar-refractivity contribution in [3.8, 4) is 0 Å². The zero-order chi connectivity index (χ0) is 13.0. The van der Waals surface area contributed by atoms with Crippen molar-refractivity contribution in [2.45, 2.75) is 25.8 Å². The Morgan fingerprint density at radius 1 is 1.33 bits per heavy atom. The summed E-state index contributed by atoms with van der Waals surface area (Å²) in [6.45, 7) is 2.04. The summed E-state index contributed by atoms with van der Waals surface area (Å²) in [5.41, 5.74) is 1.74. The molecule has 1 aromatic carbocycles. The van der Waals surface area contributed by atoms with E-state index < -0.39 is 0 Å². The van der Waals surface area contributed by atoms with Crippen LogP contribution in [0.4, 0.5) is 0 Å². The second-order valence-corrected chi connectivity index (χ2v) is 4.48. The molecule has 1 atom stereocenters. The lowest BCUT2D eigenvalue weighted by Crippen LogP contribution is -2.24. The molecule has 0 spiro atoms. The second kappa shape index (κ2) is 5.49. The van der Waals surface area contributed by atoms with Gasteiger partial charge in [0, 0.05) is 17.8 Å². The van der Waals surface area contributed by atoms with Crippen LogP contribution in [0, 0.1) is 0 Å². The molecule has 0 aromatic heterocycles. The van der Waals surface area contributed by atoms with Crippen molar-refractivity contribution in [3.05, 3.63) is 47.7 Å². The highest BCUT2D eigenvalue weighted by molar-refractivity contribution is 6.13. The lowest BCUT2D eigenvalue weighted by molar-refractivity contribution is -0.124. The van der Waals surface area contributed by atoms with Gasteiger partial charge in [-0.15, -0.1) is 0 Å². The standard InChI is InChI=1S/C14H16N2O2/c1-10(7-11-5-3-2-4-6-11)15-9-12-8-13(17)16-14(12)18/h2-6,9-10,15H,7-8H2,1H3,(H,16,17,18)/b12-9+/t10-/m1/s1. The van der Waals surface area contributed by atoms with E-state index in [-0.39, 0.29) is 24.3 Å². The molecule has 0 aliphatic carbocycles. The third-order valence-electron chi connectivity index (χ3n) is 2.82. The van der Waals surface area contributed by atoms with E-state index in [0.717, 1.165) is 6.42 Å². The molecule has 1 heterocycles. The molecule has 1 aromatic rings. The Kier molecular flexibility index (Phi) is 3.77. The van der Waals surface area contributed by atoms with Crippen molar-refractivity contribution < 1.29 is 9.59 Å². The van der Waals surface area contributed by atoms with Gasteiger partial charge in [-0.1, -0.05) is 30.3 Å². The molecule has 0 bridgehead atoms. The van der Waals surface area contributed by atoms with Crippen LogP contribution >= 0.6 is 0 Å². The number of carbonyl (C=O) groups is 2. The molecule has 2 amide bonds. The average molecular weight is 244 g/mol. The highest BCUT2D eigenvalue weighted by Gasteiger charge is 2.23. The van der Waals surface area contributed by atoms with Crippen LogP contribution in [0.2, 0.25) is 0 Å². The van der Waals surface area contributed by atoms with Crippen molar-refractivity contribution >= 4 is 11.8 Å². The highest BCUT2D eigenvalue weighted by Crippen LogP contribution is 2.08. The van der Waals surface area contributed by atoms with E-state index >= 15 is 0 Å². The fourth-order valence-corrected chi connectivity index (χ4v) is 1.89. The monoisotopic (exact) mass is 244 g/mol. The first-order valence-electron chi connectivity index (χ1n) is 5.98. The second-order valence-electron chi connectivity index (χ2n) is 4.48. The van der Waals surface area contributed by atoms with Crippen LogP contribution in [-0.2, 0) is 16.0 Å². The molecule has 18 heavy (non-hydrogen) atoms. The number of hydrogen-bond acceptors (Lipinski definition) is 3. The van der Waals surface area contributed by atoms with Crippen LogP contribution in [0.25, 0.3) is 0 Å². The van der Waals surface area contributed by atoms with Gasteiger partial charge in [-0.2, -0.15) is 0 Å². The van der Waals surface area contributed by atoms with Gasteiger partial charge in [0.15, 0.2) is 0 Å². The van der Waals surface area contributed by atoms with E-state index in [9.17, 15) is 9.59 Å². The van der Waals surface area contributed by atoms with E-state index in [0.29, 0.717) is 5.57 Å². The fraction of sp³-hybridized carbons (Fsp3) is 0.286. The molecule has 4 heteroatoms. The first-order valence-corrected chi connectivity index (χ1v) is 5.98. The summed E-state index contributed by atoms with van der Waals surface area (Å²) in [6.07, 6.45) is 2.69. The molecule has 1 saturated heterocycles. The number of carbonyl (C=O) groups excluding carboxylic acids is 2. The van der Waals surface area contributed by atoms with Gasteiger partial charge in [0.05, 0.1) is 6.42 Å². The summed E-state index contributed by atoms with van der Waals surface area (Å²) in [5, 5.41) is 5.40. The van der Waals surface area contributed by atoms with E-state index in [1.807, 2.05) is 25.1 Å². The molecular formula is C14H16N2O2. The van der Waals surface area contributed by atoms with Crippen LogP contribution in [0.5, 0.6) is 0 Å². The molecule has 1 fully saturated rings. The third kappa shape index (κ3) is 3.20. The smallest absolute Gasteiger partial charge is 0.255 e. The molecule has 1 aliphatic heterocycles. The molecule has 0 saturated carbocycles. The van der Waals surface area contributed by atoms with Crippen LogP contribution in [0.15, 0.2) is 42.1 Å². The van der Waals surface area contributed by atoms with E-state index in [1.54, 1.807) is 6.20 Å².